The molecule has 1 saturated carbocycles. The Kier molecular flexibility index (Phi) is 2.69. The van der Waals surface area contributed by atoms with Crippen molar-refractivity contribution in [3.05, 3.63) is 47.0 Å². The number of aryl methyl sites for hydroxylation is 1. The van der Waals surface area contributed by atoms with E-state index in [0.29, 0.717) is 5.92 Å². The molecule has 2 aliphatic carbocycles. The summed E-state index contributed by atoms with van der Waals surface area (Å²) < 4.78 is 0. The second kappa shape index (κ2) is 4.12. The van der Waals surface area contributed by atoms with Gasteiger partial charge in [0.2, 0.25) is 0 Å². The molecule has 0 amide bonds. The second-order valence-corrected chi connectivity index (χ2v) is 5.95. The molecule has 0 heteroatoms. The van der Waals surface area contributed by atoms with Crippen LogP contribution in [0.3, 0.4) is 0 Å². The van der Waals surface area contributed by atoms with Crippen molar-refractivity contribution in [2.75, 3.05) is 0 Å². The van der Waals surface area contributed by atoms with Crippen LogP contribution in [0.1, 0.15) is 49.8 Å². The number of benzene rings is 1. The van der Waals surface area contributed by atoms with Gasteiger partial charge in [-0.15, -0.1) is 0 Å². The third-order valence-corrected chi connectivity index (χ3v) is 4.60. The van der Waals surface area contributed by atoms with E-state index in [9.17, 15) is 0 Å². The molecule has 94 valence electrons. The average Bonchev–Trinajstić information content (AvgIpc) is 3.08. The average molecular weight is 238 g/mol. The minimum atomic E-state index is 0.651. The van der Waals surface area contributed by atoms with E-state index < -0.39 is 0 Å². The van der Waals surface area contributed by atoms with Crippen molar-refractivity contribution >= 4 is 11.1 Å². The van der Waals surface area contributed by atoms with E-state index in [2.05, 4.69) is 45.5 Å². The molecule has 3 rings (SSSR count). The summed E-state index contributed by atoms with van der Waals surface area (Å²) in [6.45, 7) is 11.2. The first-order valence-corrected chi connectivity index (χ1v) is 7.14. The Morgan fingerprint density at radius 1 is 1.28 bits per heavy atom. The Labute approximate surface area is 110 Å². The topological polar surface area (TPSA) is 0 Å². The highest BCUT2D eigenvalue weighted by Crippen LogP contribution is 2.52. The van der Waals surface area contributed by atoms with E-state index in [-0.39, 0.29) is 0 Å². The van der Waals surface area contributed by atoms with Gasteiger partial charge in [0.1, 0.15) is 0 Å². The van der Waals surface area contributed by atoms with Crippen molar-refractivity contribution in [2.45, 2.75) is 40.0 Å². The summed E-state index contributed by atoms with van der Waals surface area (Å²) in [7, 11) is 0. The smallest absolute Gasteiger partial charge is 0.0125 e. The highest BCUT2D eigenvalue weighted by atomic mass is 14.4. The number of rotatable bonds is 1. The van der Waals surface area contributed by atoms with Crippen molar-refractivity contribution in [1.29, 1.82) is 0 Å². The largest absolute Gasteiger partial charge is 0.0952 e. The van der Waals surface area contributed by atoms with E-state index in [0.717, 1.165) is 12.3 Å². The maximum Gasteiger partial charge on any atom is -0.0125 e. The second-order valence-electron chi connectivity index (χ2n) is 5.95. The van der Waals surface area contributed by atoms with Crippen LogP contribution < -0.4 is 0 Å². The predicted octanol–water partition coefficient (Wildman–Crippen LogP) is 5.23. The molecule has 0 saturated heterocycles. The van der Waals surface area contributed by atoms with Gasteiger partial charge in [0.05, 0.1) is 0 Å². The lowest BCUT2D eigenvalue weighted by Gasteiger charge is -2.28. The maximum atomic E-state index is 4.30. The Morgan fingerprint density at radius 3 is 2.72 bits per heavy atom. The lowest BCUT2D eigenvalue weighted by molar-refractivity contribution is 0.756. The van der Waals surface area contributed by atoms with Crippen molar-refractivity contribution in [1.82, 2.24) is 0 Å². The predicted molar refractivity (Wildman–Crippen MR) is 79.3 cm³/mol. The fraction of sp³-hybridized carbons (Fsp3) is 0.444. The lowest BCUT2D eigenvalue weighted by Crippen LogP contribution is -2.11. The molecule has 0 radical (unpaired) electrons. The van der Waals surface area contributed by atoms with Crippen LogP contribution in [0, 0.1) is 18.8 Å². The summed E-state index contributed by atoms with van der Waals surface area (Å²) in [6.07, 6.45) is 3.76. The highest BCUT2D eigenvalue weighted by Gasteiger charge is 2.36. The van der Waals surface area contributed by atoms with Crippen LogP contribution in [-0.4, -0.2) is 0 Å². The van der Waals surface area contributed by atoms with Crippen LogP contribution in [0.25, 0.3) is 11.1 Å². The van der Waals surface area contributed by atoms with Gasteiger partial charge in [0.25, 0.3) is 0 Å². The zero-order valence-electron chi connectivity index (χ0n) is 11.7. The maximum absolute atomic E-state index is 4.30. The molecule has 2 atom stereocenters. The van der Waals surface area contributed by atoms with Gasteiger partial charge in [0.15, 0.2) is 0 Å². The monoisotopic (exact) mass is 238 g/mol. The van der Waals surface area contributed by atoms with Crippen molar-refractivity contribution in [3.8, 4) is 0 Å². The molecule has 0 bridgehead atoms. The quantitative estimate of drug-likeness (QED) is 0.628. The molecule has 18 heavy (non-hydrogen) atoms. The van der Waals surface area contributed by atoms with E-state index in [1.165, 1.54) is 35.1 Å². The van der Waals surface area contributed by atoms with Crippen LogP contribution in [-0.2, 0) is 0 Å². The number of allylic oxidation sites excluding steroid dienone is 3. The Hall–Kier alpha value is -1.30. The first kappa shape index (κ1) is 11.8. The third-order valence-electron chi connectivity index (χ3n) is 4.60. The fourth-order valence-corrected chi connectivity index (χ4v) is 3.62. The van der Waals surface area contributed by atoms with Gasteiger partial charge in [-0.1, -0.05) is 44.2 Å². The van der Waals surface area contributed by atoms with Gasteiger partial charge in [-0.3, -0.25) is 0 Å². The Bertz CT molecular complexity index is 545. The summed E-state index contributed by atoms with van der Waals surface area (Å²) in [5.41, 5.74) is 8.99. The van der Waals surface area contributed by atoms with Gasteiger partial charge in [-0.2, -0.15) is 0 Å². The summed E-state index contributed by atoms with van der Waals surface area (Å²) in [5.74, 6) is 1.51. The molecule has 0 aliphatic heterocycles. The molecule has 0 spiro atoms. The normalized spacial score (nSPS) is 30.3. The highest BCUT2D eigenvalue weighted by molar-refractivity contribution is 5.88. The number of hydrogen-bond acceptors (Lipinski definition) is 0. The zero-order chi connectivity index (χ0) is 12.9. The molecule has 1 fully saturated rings. The van der Waals surface area contributed by atoms with E-state index >= 15 is 0 Å². The molecular formula is C18H22. The minimum Gasteiger partial charge on any atom is -0.0952 e. The van der Waals surface area contributed by atoms with Crippen LogP contribution in [0.4, 0.5) is 0 Å². The molecule has 0 nitrogen and oxygen atoms in total. The van der Waals surface area contributed by atoms with E-state index in [1.807, 2.05) is 0 Å². The minimum absolute atomic E-state index is 0.651. The van der Waals surface area contributed by atoms with Gasteiger partial charge in [0, 0.05) is 0 Å². The first-order valence-electron chi connectivity index (χ1n) is 7.14. The van der Waals surface area contributed by atoms with Crippen LogP contribution in [0.5, 0.6) is 0 Å². The van der Waals surface area contributed by atoms with Crippen LogP contribution in [0.2, 0.25) is 0 Å². The van der Waals surface area contributed by atoms with Gasteiger partial charge in [-0.05, 0) is 65.9 Å². The molecule has 2 aliphatic rings. The molecule has 0 aromatic heterocycles. The van der Waals surface area contributed by atoms with Gasteiger partial charge >= 0.3 is 0 Å². The summed E-state index contributed by atoms with van der Waals surface area (Å²) in [5, 5.41) is 0. The molecule has 1 aromatic carbocycles. The van der Waals surface area contributed by atoms with Crippen molar-refractivity contribution in [3.63, 3.8) is 0 Å². The summed E-state index contributed by atoms with van der Waals surface area (Å²) >= 11 is 0. The fourth-order valence-electron chi connectivity index (χ4n) is 3.62. The van der Waals surface area contributed by atoms with Gasteiger partial charge < -0.3 is 0 Å². The molecule has 1 aromatic rings. The number of fused-ring (bicyclic) bond motifs is 1. The SMILES string of the molecule is C=C1CC(C)/C(=C2/CC2CC)c2cccc(C)c21. The standard InChI is InChI=1S/C18H22/c1-5-14-10-16(14)18-13(4)9-12(3)17-11(2)7-6-8-15(17)18/h6-8,13-14H,3,5,9-10H2,1-2,4H3/b18-16+. The van der Waals surface area contributed by atoms with E-state index in [1.54, 1.807) is 11.1 Å². The summed E-state index contributed by atoms with van der Waals surface area (Å²) in [4.78, 5) is 0. The Morgan fingerprint density at radius 2 is 2.06 bits per heavy atom. The zero-order valence-corrected chi connectivity index (χ0v) is 11.7. The van der Waals surface area contributed by atoms with Crippen molar-refractivity contribution < 1.29 is 0 Å². The third kappa shape index (κ3) is 1.67. The van der Waals surface area contributed by atoms with Crippen molar-refractivity contribution in [2.24, 2.45) is 11.8 Å². The molecular weight excluding hydrogens is 216 g/mol. The van der Waals surface area contributed by atoms with E-state index in [4.69, 9.17) is 0 Å². The molecule has 0 N–H and O–H groups in total. The number of hydrogen-bond donors (Lipinski definition) is 0. The van der Waals surface area contributed by atoms with Gasteiger partial charge in [-0.25, -0.2) is 0 Å². The molecule has 2 unspecified atom stereocenters. The molecule has 0 heterocycles. The Balaban J connectivity index is 2.19. The van der Waals surface area contributed by atoms with Crippen LogP contribution in [0.15, 0.2) is 30.4 Å². The lowest BCUT2D eigenvalue weighted by atomic mass is 9.76. The van der Waals surface area contributed by atoms with Crippen LogP contribution >= 0.6 is 0 Å². The summed E-state index contributed by atoms with van der Waals surface area (Å²) in [6, 6.07) is 6.71. The first-order chi connectivity index (χ1) is 8.63.